The van der Waals surface area contributed by atoms with E-state index < -0.39 is 12.6 Å². The number of rotatable bonds is 4. The van der Waals surface area contributed by atoms with Gasteiger partial charge in [0.05, 0.1) is 6.42 Å². The zero-order valence-corrected chi connectivity index (χ0v) is 12.4. The topological polar surface area (TPSA) is 17.8 Å². The lowest BCUT2D eigenvalue weighted by Gasteiger charge is -2.18. The third-order valence-corrected chi connectivity index (χ3v) is 3.88. The van der Waals surface area contributed by atoms with E-state index in [4.69, 9.17) is 0 Å². The van der Waals surface area contributed by atoms with Crippen LogP contribution in [-0.2, 0) is 6.54 Å². The summed E-state index contributed by atoms with van der Waals surface area (Å²) in [4.78, 5) is 4.26. The van der Waals surface area contributed by atoms with Crippen molar-refractivity contribution in [3.05, 3.63) is 53.1 Å². The van der Waals surface area contributed by atoms with E-state index in [-0.39, 0.29) is 12.5 Å². The molecule has 0 spiro atoms. The molecule has 21 heavy (non-hydrogen) atoms. The van der Waals surface area contributed by atoms with Gasteiger partial charge in [-0.05, 0) is 30.5 Å². The molecule has 0 bridgehead atoms. The third-order valence-electron chi connectivity index (χ3n) is 3.88. The number of aryl methyl sites for hydroxylation is 2. The Morgan fingerprint density at radius 3 is 2.62 bits per heavy atom. The Morgan fingerprint density at radius 1 is 1.24 bits per heavy atom. The molecule has 0 aliphatic heterocycles. The maximum atomic E-state index is 12.4. The van der Waals surface area contributed by atoms with Crippen LogP contribution in [0.2, 0.25) is 0 Å². The Balaban J connectivity index is 2.26. The Bertz CT molecular complexity index is 614. The smallest absolute Gasteiger partial charge is 0.334 e. The van der Waals surface area contributed by atoms with E-state index in [9.17, 15) is 13.2 Å². The number of hydrogen-bond donors (Lipinski definition) is 0. The summed E-state index contributed by atoms with van der Waals surface area (Å²) in [6.07, 6.45) is -1.81. The highest BCUT2D eigenvalue weighted by molar-refractivity contribution is 5.38. The summed E-state index contributed by atoms with van der Waals surface area (Å²) in [7, 11) is 0. The quantitative estimate of drug-likeness (QED) is 0.806. The monoisotopic (exact) mass is 296 g/mol. The predicted octanol–water partition coefficient (Wildman–Crippen LogP) is 4.60. The fraction of sp³-hybridized carbons (Fsp3) is 0.438. The first-order valence-corrected chi connectivity index (χ1v) is 6.93. The Morgan fingerprint density at radius 2 is 1.95 bits per heavy atom. The highest BCUT2D eigenvalue weighted by Crippen LogP contribution is 2.28. The van der Waals surface area contributed by atoms with Gasteiger partial charge in [0, 0.05) is 24.9 Å². The highest BCUT2D eigenvalue weighted by atomic mass is 19.4. The van der Waals surface area contributed by atoms with Gasteiger partial charge < -0.3 is 4.57 Å². The van der Waals surface area contributed by atoms with Crippen LogP contribution in [0.15, 0.2) is 30.6 Å². The molecule has 0 aliphatic carbocycles. The van der Waals surface area contributed by atoms with Crippen LogP contribution in [0.1, 0.15) is 41.8 Å². The van der Waals surface area contributed by atoms with E-state index in [0.717, 1.165) is 11.1 Å². The SMILES string of the molecule is Cc1cccc([C@H](C)c2nccn2CCC(F)(F)F)c1C. The van der Waals surface area contributed by atoms with Crippen LogP contribution in [-0.4, -0.2) is 15.7 Å². The summed E-state index contributed by atoms with van der Waals surface area (Å²) in [5.74, 6) is 0.640. The van der Waals surface area contributed by atoms with Crippen molar-refractivity contribution >= 4 is 0 Å². The van der Waals surface area contributed by atoms with Crippen LogP contribution in [0.5, 0.6) is 0 Å². The van der Waals surface area contributed by atoms with Crippen molar-refractivity contribution in [3.63, 3.8) is 0 Å². The van der Waals surface area contributed by atoms with Gasteiger partial charge in [-0.25, -0.2) is 4.98 Å². The Kier molecular flexibility index (Phi) is 4.40. The maximum absolute atomic E-state index is 12.4. The molecular weight excluding hydrogens is 277 g/mol. The number of halogens is 3. The number of benzene rings is 1. The molecule has 1 atom stereocenters. The normalized spacial score (nSPS) is 13.4. The molecule has 0 amide bonds. The third kappa shape index (κ3) is 3.65. The molecule has 0 fully saturated rings. The van der Waals surface area contributed by atoms with Gasteiger partial charge in [-0.15, -0.1) is 0 Å². The second-order valence-corrected chi connectivity index (χ2v) is 5.35. The summed E-state index contributed by atoms with van der Waals surface area (Å²) in [5.41, 5.74) is 3.44. The van der Waals surface area contributed by atoms with Crippen LogP contribution in [0, 0.1) is 13.8 Å². The van der Waals surface area contributed by atoms with Crippen LogP contribution in [0.4, 0.5) is 13.2 Å². The Labute approximate surface area is 122 Å². The molecule has 0 radical (unpaired) electrons. The van der Waals surface area contributed by atoms with E-state index in [1.54, 1.807) is 17.0 Å². The number of aromatic nitrogens is 2. The van der Waals surface area contributed by atoms with Crippen LogP contribution in [0.25, 0.3) is 0 Å². The molecule has 2 rings (SSSR count). The van der Waals surface area contributed by atoms with Crippen molar-refractivity contribution in [3.8, 4) is 0 Å². The van der Waals surface area contributed by atoms with Gasteiger partial charge in [-0.2, -0.15) is 13.2 Å². The number of nitrogens with zero attached hydrogens (tertiary/aromatic N) is 2. The van der Waals surface area contributed by atoms with E-state index in [1.165, 1.54) is 5.56 Å². The standard InChI is InChI=1S/C16H19F3N2/c1-11-5-4-6-14(12(11)2)13(3)15-20-8-10-21(15)9-7-16(17,18)19/h4-6,8,10,13H,7,9H2,1-3H3/t13-/m0/s1. The molecule has 114 valence electrons. The summed E-state index contributed by atoms with van der Waals surface area (Å²) in [6.45, 7) is 5.95. The van der Waals surface area contributed by atoms with E-state index in [0.29, 0.717) is 5.82 Å². The van der Waals surface area contributed by atoms with Gasteiger partial charge in [0.25, 0.3) is 0 Å². The molecule has 2 aromatic rings. The summed E-state index contributed by atoms with van der Waals surface area (Å²) in [5, 5.41) is 0. The lowest BCUT2D eigenvalue weighted by atomic mass is 9.93. The van der Waals surface area contributed by atoms with E-state index in [1.807, 2.05) is 39.0 Å². The minimum absolute atomic E-state index is 0.0341. The van der Waals surface area contributed by atoms with Gasteiger partial charge in [0.2, 0.25) is 0 Å². The molecule has 1 aromatic carbocycles. The van der Waals surface area contributed by atoms with Crippen molar-refractivity contribution in [2.45, 2.75) is 45.8 Å². The van der Waals surface area contributed by atoms with Crippen LogP contribution < -0.4 is 0 Å². The number of hydrogen-bond acceptors (Lipinski definition) is 1. The fourth-order valence-corrected chi connectivity index (χ4v) is 2.52. The number of alkyl halides is 3. The van der Waals surface area contributed by atoms with Crippen LogP contribution >= 0.6 is 0 Å². The highest BCUT2D eigenvalue weighted by Gasteiger charge is 2.27. The fourth-order valence-electron chi connectivity index (χ4n) is 2.52. The molecule has 0 saturated carbocycles. The first-order chi connectivity index (χ1) is 9.79. The van der Waals surface area contributed by atoms with Crippen molar-refractivity contribution in [1.29, 1.82) is 0 Å². The van der Waals surface area contributed by atoms with Crippen molar-refractivity contribution in [2.75, 3.05) is 0 Å². The minimum Gasteiger partial charge on any atom is -0.334 e. The predicted molar refractivity (Wildman–Crippen MR) is 76.3 cm³/mol. The first kappa shape index (κ1) is 15.6. The van der Waals surface area contributed by atoms with Gasteiger partial charge in [0.1, 0.15) is 5.82 Å². The van der Waals surface area contributed by atoms with Crippen molar-refractivity contribution in [1.82, 2.24) is 9.55 Å². The van der Waals surface area contributed by atoms with Crippen LogP contribution in [0.3, 0.4) is 0 Å². The Hall–Kier alpha value is -1.78. The second-order valence-electron chi connectivity index (χ2n) is 5.35. The average molecular weight is 296 g/mol. The molecule has 0 saturated heterocycles. The van der Waals surface area contributed by atoms with Crippen molar-refractivity contribution in [2.24, 2.45) is 0 Å². The average Bonchev–Trinajstić information content (AvgIpc) is 2.86. The zero-order valence-electron chi connectivity index (χ0n) is 12.4. The molecular formula is C16H19F3N2. The van der Waals surface area contributed by atoms with Gasteiger partial charge in [0.15, 0.2) is 0 Å². The lowest BCUT2D eigenvalue weighted by molar-refractivity contribution is -0.136. The van der Waals surface area contributed by atoms with Gasteiger partial charge in [-0.1, -0.05) is 25.1 Å². The van der Waals surface area contributed by atoms with E-state index >= 15 is 0 Å². The molecule has 0 aliphatic rings. The molecule has 1 heterocycles. The largest absolute Gasteiger partial charge is 0.390 e. The molecule has 0 N–H and O–H groups in total. The maximum Gasteiger partial charge on any atom is 0.390 e. The second kappa shape index (κ2) is 5.92. The zero-order chi connectivity index (χ0) is 15.6. The summed E-state index contributed by atoms with van der Waals surface area (Å²) < 4.78 is 38.8. The van der Waals surface area contributed by atoms with Crippen molar-refractivity contribution < 1.29 is 13.2 Å². The molecule has 0 unspecified atom stereocenters. The molecule has 5 heteroatoms. The number of imidazole rings is 1. The molecule has 2 nitrogen and oxygen atoms in total. The van der Waals surface area contributed by atoms with Gasteiger partial charge >= 0.3 is 6.18 Å². The van der Waals surface area contributed by atoms with Gasteiger partial charge in [-0.3, -0.25) is 0 Å². The minimum atomic E-state index is -4.15. The summed E-state index contributed by atoms with van der Waals surface area (Å²) >= 11 is 0. The lowest BCUT2D eigenvalue weighted by Crippen LogP contribution is -2.15. The van der Waals surface area contributed by atoms with E-state index in [2.05, 4.69) is 4.98 Å². The molecule has 1 aromatic heterocycles. The summed E-state index contributed by atoms with van der Waals surface area (Å²) in [6, 6.07) is 6.01. The first-order valence-electron chi connectivity index (χ1n) is 6.93.